The van der Waals surface area contributed by atoms with Crippen LogP contribution in [0.1, 0.15) is 38.5 Å². The van der Waals surface area contributed by atoms with Crippen molar-refractivity contribution in [3.05, 3.63) is 0 Å². The molecule has 0 radical (unpaired) electrons. The number of hydrogen-bond donors (Lipinski definition) is 0. The lowest BCUT2D eigenvalue weighted by molar-refractivity contribution is -0.179. The van der Waals surface area contributed by atoms with Gasteiger partial charge in [-0.1, -0.05) is 0 Å². The molecule has 4 fully saturated rings. The van der Waals surface area contributed by atoms with E-state index in [9.17, 15) is 31.1 Å². The Bertz CT molecular complexity index is 512. The van der Waals surface area contributed by atoms with E-state index in [1.165, 1.54) is 6.42 Å². The monoisotopic (exact) mass is 371 g/mol. The number of esters is 1. The fourth-order valence-corrected chi connectivity index (χ4v) is 5.30. The molecule has 0 aromatic rings. The summed E-state index contributed by atoms with van der Waals surface area (Å²) in [4.78, 5) is 12.2. The van der Waals surface area contributed by atoms with Gasteiger partial charge in [-0.2, -0.15) is 17.6 Å². The topological polar surface area (TPSA) is 66.4 Å². The highest BCUT2D eigenvalue weighted by atomic mass is 32.2. The molecule has 138 valence electrons. The Balaban J connectivity index is 1.54. The zero-order valence-electron chi connectivity index (χ0n) is 12.9. The lowest BCUT2D eigenvalue weighted by atomic mass is 9.52. The lowest BCUT2D eigenvalue weighted by Crippen LogP contribution is -2.49. The van der Waals surface area contributed by atoms with Crippen LogP contribution in [0.15, 0.2) is 0 Å². The Morgan fingerprint density at radius 3 is 2.00 bits per heavy atom. The Hall–Kier alpha value is -0.700. The molecule has 0 aromatic carbocycles. The fourth-order valence-electron chi connectivity index (χ4n) is 4.95. The first-order valence-corrected chi connectivity index (χ1v) is 9.21. The first-order chi connectivity index (χ1) is 11.1. The highest BCUT2D eigenvalue weighted by molar-refractivity contribution is 7.80. The summed E-state index contributed by atoms with van der Waals surface area (Å²) in [6.07, 6.45) is 3.44. The van der Waals surface area contributed by atoms with E-state index in [1.54, 1.807) is 0 Å². The summed E-state index contributed by atoms with van der Waals surface area (Å²) < 4.78 is 77.8. The molecule has 1 unspecified atom stereocenters. The van der Waals surface area contributed by atoms with Crippen molar-refractivity contribution < 1.29 is 35.9 Å². The third kappa shape index (κ3) is 3.09. The number of alkyl halides is 4. The van der Waals surface area contributed by atoms with Crippen LogP contribution in [0.4, 0.5) is 17.6 Å². The van der Waals surface area contributed by atoms with E-state index in [1.807, 2.05) is 0 Å². The average Bonchev–Trinajstić information content (AvgIpc) is 2.45. The van der Waals surface area contributed by atoms with Crippen molar-refractivity contribution in [1.82, 2.24) is 0 Å². The highest BCUT2D eigenvalue weighted by Gasteiger charge is 2.57. The van der Waals surface area contributed by atoms with Gasteiger partial charge in [0.15, 0.2) is 0 Å². The van der Waals surface area contributed by atoms with Crippen LogP contribution in [0.25, 0.3) is 0 Å². The van der Waals surface area contributed by atoms with Crippen molar-refractivity contribution in [2.24, 2.45) is 29.6 Å². The van der Waals surface area contributed by atoms with Gasteiger partial charge in [0.1, 0.15) is 0 Å². The van der Waals surface area contributed by atoms with Gasteiger partial charge in [0.25, 0.3) is 0 Å². The van der Waals surface area contributed by atoms with Gasteiger partial charge in [-0.05, 0) is 55.8 Å². The summed E-state index contributed by atoms with van der Waals surface area (Å²) in [5.74, 6) is -4.05. The molecule has 0 aromatic heterocycles. The van der Waals surface area contributed by atoms with Gasteiger partial charge in [0.2, 0.25) is 0 Å². The number of ether oxygens (including phenoxy) is 1. The van der Waals surface area contributed by atoms with Crippen molar-refractivity contribution in [3.63, 3.8) is 0 Å². The second-order valence-electron chi connectivity index (χ2n) is 7.33. The molecule has 9 heteroatoms. The zero-order valence-corrected chi connectivity index (χ0v) is 13.7. The van der Waals surface area contributed by atoms with E-state index in [-0.39, 0.29) is 17.8 Å². The number of hydrogen-bond acceptors (Lipinski definition) is 4. The third-order valence-corrected chi connectivity index (χ3v) is 6.51. The van der Waals surface area contributed by atoms with E-state index in [2.05, 4.69) is 0 Å². The minimum Gasteiger partial charge on any atom is -0.768 e. The molecule has 1 atom stereocenters. The van der Waals surface area contributed by atoms with E-state index < -0.39 is 41.3 Å². The Morgan fingerprint density at radius 1 is 1.04 bits per heavy atom. The van der Waals surface area contributed by atoms with E-state index in [0.717, 1.165) is 25.7 Å². The van der Waals surface area contributed by atoms with Crippen molar-refractivity contribution in [2.45, 2.75) is 49.7 Å². The molecular weight excluding hydrogens is 352 g/mol. The molecule has 4 rings (SSSR count). The molecule has 4 aliphatic carbocycles. The van der Waals surface area contributed by atoms with Crippen molar-refractivity contribution in [2.75, 3.05) is 6.61 Å². The minimum absolute atomic E-state index is 0.199. The first kappa shape index (κ1) is 18.1. The van der Waals surface area contributed by atoms with E-state index in [4.69, 9.17) is 4.74 Å². The normalized spacial score (nSPS) is 36.6. The predicted molar refractivity (Wildman–Crippen MR) is 74.9 cm³/mol. The first-order valence-electron chi connectivity index (χ1n) is 8.13. The summed E-state index contributed by atoms with van der Waals surface area (Å²) in [5.41, 5.74) is 0. The number of halogens is 4. The molecule has 4 bridgehead atoms. The summed E-state index contributed by atoms with van der Waals surface area (Å²) in [6.45, 7) is -0.915. The van der Waals surface area contributed by atoms with Gasteiger partial charge < -0.3 is 9.29 Å². The Labute approximate surface area is 139 Å². The van der Waals surface area contributed by atoms with Crippen LogP contribution < -0.4 is 0 Å². The molecule has 0 amide bonds. The van der Waals surface area contributed by atoms with Crippen LogP contribution in [0.3, 0.4) is 0 Å². The van der Waals surface area contributed by atoms with Crippen molar-refractivity contribution in [1.29, 1.82) is 0 Å². The lowest BCUT2D eigenvalue weighted by Gasteiger charge is -2.53. The van der Waals surface area contributed by atoms with Crippen molar-refractivity contribution in [3.8, 4) is 0 Å². The average molecular weight is 371 g/mol. The fraction of sp³-hybridized carbons (Fsp3) is 0.933. The zero-order chi connectivity index (χ0) is 17.7. The Kier molecular flexibility index (Phi) is 4.70. The van der Waals surface area contributed by atoms with Gasteiger partial charge in [-0.25, -0.2) is 0 Å². The molecule has 4 nitrogen and oxygen atoms in total. The highest BCUT2D eigenvalue weighted by Crippen LogP contribution is 2.56. The third-order valence-electron chi connectivity index (χ3n) is 5.79. The van der Waals surface area contributed by atoms with Crippen LogP contribution in [0.5, 0.6) is 0 Å². The smallest absolute Gasteiger partial charge is 0.371 e. The maximum atomic E-state index is 13.3. The van der Waals surface area contributed by atoms with Crippen LogP contribution in [-0.2, 0) is 20.6 Å². The van der Waals surface area contributed by atoms with Crippen LogP contribution in [0.2, 0.25) is 0 Å². The summed E-state index contributed by atoms with van der Waals surface area (Å²) in [6, 6.07) is 0. The number of carbonyl (C=O) groups is 1. The van der Waals surface area contributed by atoms with Crippen LogP contribution >= 0.6 is 0 Å². The maximum Gasteiger partial charge on any atom is 0.371 e. The number of carbonyl (C=O) groups excluding carboxylic acids is 1. The molecule has 4 saturated carbocycles. The summed E-state index contributed by atoms with van der Waals surface area (Å²) in [7, 11) is 0. The van der Waals surface area contributed by atoms with E-state index in [0.29, 0.717) is 11.8 Å². The van der Waals surface area contributed by atoms with Gasteiger partial charge in [0.05, 0.1) is 18.9 Å². The summed E-state index contributed by atoms with van der Waals surface area (Å²) >= 11 is -4.24. The van der Waals surface area contributed by atoms with Gasteiger partial charge in [-0.3, -0.25) is 9.00 Å². The van der Waals surface area contributed by atoms with Gasteiger partial charge in [-0.15, -0.1) is 0 Å². The van der Waals surface area contributed by atoms with E-state index >= 15 is 0 Å². The van der Waals surface area contributed by atoms with Crippen LogP contribution in [-0.4, -0.2) is 32.5 Å². The predicted octanol–water partition coefficient (Wildman–Crippen LogP) is 3.10. The minimum atomic E-state index is -5.18. The second-order valence-corrected chi connectivity index (χ2v) is 8.31. The molecule has 0 spiro atoms. The molecule has 0 heterocycles. The number of rotatable bonds is 6. The molecule has 24 heavy (non-hydrogen) atoms. The Morgan fingerprint density at radius 2 is 1.54 bits per heavy atom. The second kappa shape index (κ2) is 6.23. The summed E-state index contributed by atoms with van der Waals surface area (Å²) in [5, 5.41) is -5.18. The largest absolute Gasteiger partial charge is 0.768 e. The molecule has 0 saturated heterocycles. The van der Waals surface area contributed by atoms with Crippen molar-refractivity contribution >= 4 is 17.0 Å². The maximum absolute atomic E-state index is 13.3. The molecule has 0 aliphatic heterocycles. The molecular formula is C15H19F4O4S-. The van der Waals surface area contributed by atoms with Gasteiger partial charge in [0, 0.05) is 11.1 Å². The molecule has 0 N–H and O–H groups in total. The van der Waals surface area contributed by atoms with Gasteiger partial charge >= 0.3 is 17.1 Å². The quantitative estimate of drug-likeness (QED) is 0.409. The SMILES string of the molecule is O=C(OCCC(F)(F)C(F)(F)S(=O)[O-])C1C2CC3CC(C2)CC1C3. The standard InChI is InChI=1S/C15H20F4O4S/c16-14(17,15(18,19)24(21)22)1-2-23-13(20)12-10-4-8-3-9(6-10)7-11(12)5-8/h8-12H,1-7H2,(H,21,22)/p-1. The molecule has 4 aliphatic rings. The van der Waals surface area contributed by atoms with Crippen LogP contribution in [0, 0.1) is 29.6 Å².